The lowest BCUT2D eigenvalue weighted by Gasteiger charge is -2.38. The van der Waals surface area contributed by atoms with Crippen molar-refractivity contribution in [1.29, 1.82) is 0 Å². The van der Waals surface area contributed by atoms with Crippen molar-refractivity contribution in [2.45, 2.75) is 19.9 Å². The Kier molecular flexibility index (Phi) is 4.04. The van der Waals surface area contributed by atoms with Crippen LogP contribution in [0, 0.1) is 5.82 Å². The van der Waals surface area contributed by atoms with E-state index in [-0.39, 0.29) is 5.56 Å². The smallest absolute Gasteiger partial charge is 0.338 e. The SMILES string of the molecule is CC(C)N1CCN(c2ccc(C(=O)O)c(F)c2)CC1. The molecule has 1 fully saturated rings. The summed E-state index contributed by atoms with van der Waals surface area (Å²) in [5.41, 5.74) is 0.482. The van der Waals surface area contributed by atoms with E-state index in [2.05, 4.69) is 23.6 Å². The number of hydrogen-bond acceptors (Lipinski definition) is 3. The molecule has 5 heteroatoms. The second-order valence-corrected chi connectivity index (χ2v) is 5.09. The Morgan fingerprint density at radius 2 is 1.89 bits per heavy atom. The number of piperazine rings is 1. The minimum atomic E-state index is -1.23. The molecule has 1 aromatic carbocycles. The average molecular weight is 266 g/mol. The Bertz CT molecular complexity index is 469. The van der Waals surface area contributed by atoms with Crippen LogP contribution in [0.5, 0.6) is 0 Å². The van der Waals surface area contributed by atoms with Crippen molar-refractivity contribution >= 4 is 11.7 Å². The molecule has 2 rings (SSSR count). The fourth-order valence-electron chi connectivity index (χ4n) is 2.37. The summed E-state index contributed by atoms with van der Waals surface area (Å²) in [7, 11) is 0. The summed E-state index contributed by atoms with van der Waals surface area (Å²) >= 11 is 0. The van der Waals surface area contributed by atoms with Crippen LogP contribution in [0.2, 0.25) is 0 Å². The summed E-state index contributed by atoms with van der Waals surface area (Å²) in [5.74, 6) is -1.90. The van der Waals surface area contributed by atoms with Gasteiger partial charge in [0.1, 0.15) is 5.82 Å². The van der Waals surface area contributed by atoms with E-state index in [1.54, 1.807) is 6.07 Å². The molecule has 1 saturated heterocycles. The van der Waals surface area contributed by atoms with Gasteiger partial charge in [-0.1, -0.05) is 0 Å². The summed E-state index contributed by atoms with van der Waals surface area (Å²) in [6.45, 7) is 7.89. The Morgan fingerprint density at radius 1 is 1.26 bits per heavy atom. The van der Waals surface area contributed by atoms with Crippen LogP contribution in [0.1, 0.15) is 24.2 Å². The van der Waals surface area contributed by atoms with E-state index in [1.165, 1.54) is 12.1 Å². The molecule has 1 heterocycles. The molecule has 0 saturated carbocycles. The molecule has 4 nitrogen and oxygen atoms in total. The third kappa shape index (κ3) is 3.04. The quantitative estimate of drug-likeness (QED) is 0.909. The van der Waals surface area contributed by atoms with Crippen LogP contribution in [-0.2, 0) is 0 Å². The fourth-order valence-corrected chi connectivity index (χ4v) is 2.37. The topological polar surface area (TPSA) is 43.8 Å². The maximum absolute atomic E-state index is 13.6. The van der Waals surface area contributed by atoms with Crippen molar-refractivity contribution in [3.05, 3.63) is 29.6 Å². The van der Waals surface area contributed by atoms with Crippen LogP contribution >= 0.6 is 0 Å². The van der Waals surface area contributed by atoms with E-state index in [9.17, 15) is 9.18 Å². The van der Waals surface area contributed by atoms with Gasteiger partial charge in [0.2, 0.25) is 0 Å². The number of hydrogen-bond donors (Lipinski definition) is 1. The van der Waals surface area contributed by atoms with E-state index in [0.717, 1.165) is 31.9 Å². The zero-order chi connectivity index (χ0) is 14.0. The van der Waals surface area contributed by atoms with Gasteiger partial charge < -0.3 is 10.0 Å². The number of halogens is 1. The van der Waals surface area contributed by atoms with E-state index in [4.69, 9.17) is 5.11 Å². The van der Waals surface area contributed by atoms with Gasteiger partial charge in [0.05, 0.1) is 5.56 Å². The number of carbonyl (C=O) groups is 1. The summed E-state index contributed by atoms with van der Waals surface area (Å²) < 4.78 is 13.6. The number of carboxylic acid groups (broad SMARTS) is 1. The molecule has 0 aromatic heterocycles. The lowest BCUT2D eigenvalue weighted by atomic mass is 10.1. The van der Waals surface area contributed by atoms with Crippen LogP contribution in [0.3, 0.4) is 0 Å². The van der Waals surface area contributed by atoms with Crippen molar-refractivity contribution in [2.24, 2.45) is 0 Å². The van der Waals surface area contributed by atoms with Crippen molar-refractivity contribution in [2.75, 3.05) is 31.1 Å². The second-order valence-electron chi connectivity index (χ2n) is 5.09. The molecule has 0 aliphatic carbocycles. The van der Waals surface area contributed by atoms with Gasteiger partial charge >= 0.3 is 5.97 Å². The van der Waals surface area contributed by atoms with E-state index >= 15 is 0 Å². The molecule has 1 aromatic rings. The monoisotopic (exact) mass is 266 g/mol. The third-order valence-electron chi connectivity index (χ3n) is 3.59. The summed E-state index contributed by atoms with van der Waals surface area (Å²) in [4.78, 5) is 15.2. The molecule has 1 N–H and O–H groups in total. The minimum Gasteiger partial charge on any atom is -0.478 e. The summed E-state index contributed by atoms with van der Waals surface area (Å²) in [6.07, 6.45) is 0. The first-order valence-electron chi connectivity index (χ1n) is 6.51. The maximum Gasteiger partial charge on any atom is 0.338 e. The molecule has 0 amide bonds. The largest absolute Gasteiger partial charge is 0.478 e. The third-order valence-corrected chi connectivity index (χ3v) is 3.59. The van der Waals surface area contributed by atoms with Crippen LogP contribution in [0.4, 0.5) is 10.1 Å². The lowest BCUT2D eigenvalue weighted by molar-refractivity contribution is 0.0692. The molecule has 1 aliphatic rings. The molecule has 104 valence electrons. The Morgan fingerprint density at radius 3 is 2.37 bits per heavy atom. The van der Waals surface area contributed by atoms with Gasteiger partial charge in [0.15, 0.2) is 0 Å². The fraction of sp³-hybridized carbons (Fsp3) is 0.500. The Hall–Kier alpha value is -1.62. The predicted molar refractivity (Wildman–Crippen MR) is 72.3 cm³/mol. The molecule has 0 bridgehead atoms. The zero-order valence-corrected chi connectivity index (χ0v) is 11.3. The van der Waals surface area contributed by atoms with E-state index < -0.39 is 11.8 Å². The lowest BCUT2D eigenvalue weighted by Crippen LogP contribution is -2.48. The first kappa shape index (κ1) is 13.8. The van der Waals surface area contributed by atoms with Gasteiger partial charge in [-0.15, -0.1) is 0 Å². The molecule has 0 atom stereocenters. The molecule has 0 radical (unpaired) electrons. The number of rotatable bonds is 3. The number of anilines is 1. The number of aromatic carboxylic acids is 1. The highest BCUT2D eigenvalue weighted by atomic mass is 19.1. The van der Waals surface area contributed by atoms with Gasteiger partial charge in [-0.05, 0) is 32.0 Å². The van der Waals surface area contributed by atoms with Crippen molar-refractivity contribution < 1.29 is 14.3 Å². The van der Waals surface area contributed by atoms with E-state index in [1.807, 2.05) is 0 Å². The molecule has 0 unspecified atom stereocenters. The first-order chi connectivity index (χ1) is 8.99. The van der Waals surface area contributed by atoms with Gasteiger partial charge in [-0.3, -0.25) is 4.90 Å². The normalized spacial score (nSPS) is 16.9. The predicted octanol–water partition coefficient (Wildman–Crippen LogP) is 2.05. The average Bonchev–Trinajstić information content (AvgIpc) is 2.38. The van der Waals surface area contributed by atoms with Crippen molar-refractivity contribution in [1.82, 2.24) is 4.90 Å². The van der Waals surface area contributed by atoms with Crippen LogP contribution in [0.15, 0.2) is 18.2 Å². The van der Waals surface area contributed by atoms with Gasteiger partial charge in [0.25, 0.3) is 0 Å². The highest BCUT2D eigenvalue weighted by molar-refractivity contribution is 5.88. The zero-order valence-electron chi connectivity index (χ0n) is 11.3. The van der Waals surface area contributed by atoms with Gasteiger partial charge in [0, 0.05) is 37.9 Å². The Balaban J connectivity index is 2.08. The van der Waals surface area contributed by atoms with Crippen LogP contribution in [-0.4, -0.2) is 48.2 Å². The maximum atomic E-state index is 13.6. The molecular formula is C14H19FN2O2. The molecule has 0 spiro atoms. The van der Waals surface area contributed by atoms with Crippen LogP contribution in [0.25, 0.3) is 0 Å². The summed E-state index contributed by atoms with van der Waals surface area (Å²) in [6, 6.07) is 4.85. The standard InChI is InChI=1S/C14H19FN2O2/c1-10(2)16-5-7-17(8-6-16)11-3-4-12(14(18)19)13(15)9-11/h3-4,9-10H,5-8H2,1-2H3,(H,18,19). The van der Waals surface area contributed by atoms with Crippen LogP contribution < -0.4 is 4.90 Å². The highest BCUT2D eigenvalue weighted by Crippen LogP contribution is 2.20. The second kappa shape index (κ2) is 5.57. The van der Waals surface area contributed by atoms with Gasteiger partial charge in [-0.25, -0.2) is 9.18 Å². The molecular weight excluding hydrogens is 247 g/mol. The first-order valence-corrected chi connectivity index (χ1v) is 6.51. The number of carboxylic acids is 1. The van der Waals surface area contributed by atoms with Crippen molar-refractivity contribution in [3.63, 3.8) is 0 Å². The highest BCUT2D eigenvalue weighted by Gasteiger charge is 2.20. The van der Waals surface area contributed by atoms with Crippen molar-refractivity contribution in [3.8, 4) is 0 Å². The summed E-state index contributed by atoms with van der Waals surface area (Å²) in [5, 5.41) is 8.80. The molecule has 1 aliphatic heterocycles. The number of benzene rings is 1. The molecule has 19 heavy (non-hydrogen) atoms. The minimum absolute atomic E-state index is 0.274. The Labute approximate surface area is 112 Å². The van der Waals surface area contributed by atoms with E-state index in [0.29, 0.717) is 6.04 Å². The number of nitrogens with zero attached hydrogens (tertiary/aromatic N) is 2. The van der Waals surface area contributed by atoms with Gasteiger partial charge in [-0.2, -0.15) is 0 Å².